The number of rotatable bonds is 7. The Morgan fingerprint density at radius 1 is 1.04 bits per heavy atom. The number of hydrogen-bond acceptors (Lipinski definition) is 3. The summed E-state index contributed by atoms with van der Waals surface area (Å²) in [6, 6.07) is 10.7. The number of benzene rings is 2. The highest BCUT2D eigenvalue weighted by molar-refractivity contribution is 9.10. The van der Waals surface area contributed by atoms with Crippen molar-refractivity contribution >= 4 is 33.3 Å². The molecule has 0 aliphatic heterocycles. The van der Waals surface area contributed by atoms with Crippen LogP contribution in [0.5, 0.6) is 11.5 Å². The van der Waals surface area contributed by atoms with Gasteiger partial charge in [0.1, 0.15) is 5.82 Å². The zero-order valence-corrected chi connectivity index (χ0v) is 16.5. The van der Waals surface area contributed by atoms with E-state index in [1.807, 2.05) is 18.2 Å². The Morgan fingerprint density at radius 2 is 1.76 bits per heavy atom. The third-order valence-electron chi connectivity index (χ3n) is 3.58. The quantitative estimate of drug-likeness (QED) is 0.658. The molecule has 7 heteroatoms. The fraction of sp³-hybridized carbons (Fsp3) is 0.278. The minimum atomic E-state index is -0.278. The Bertz CT molecular complexity index is 743. The standard InChI is InChI=1S/C18H20BrFN2O2S/c1-23-16-6-4-12(10-17(16)24-2)7-8-21-18(25)22-11-13-3-5-15(20)14(19)9-13/h3-6,9-10H,7-8,11H2,1-2H3,(H2,21,22,25). The van der Waals surface area contributed by atoms with Crippen molar-refractivity contribution in [2.24, 2.45) is 0 Å². The number of halogens is 2. The molecule has 0 amide bonds. The van der Waals surface area contributed by atoms with E-state index in [2.05, 4.69) is 26.6 Å². The first-order valence-electron chi connectivity index (χ1n) is 7.70. The lowest BCUT2D eigenvalue weighted by Gasteiger charge is -2.12. The average molecular weight is 427 g/mol. The van der Waals surface area contributed by atoms with Crippen LogP contribution in [0.25, 0.3) is 0 Å². The molecule has 2 aromatic carbocycles. The van der Waals surface area contributed by atoms with Gasteiger partial charge < -0.3 is 20.1 Å². The van der Waals surface area contributed by atoms with Crippen LogP contribution < -0.4 is 20.1 Å². The minimum absolute atomic E-state index is 0.278. The molecule has 4 nitrogen and oxygen atoms in total. The molecule has 0 saturated carbocycles. The molecule has 25 heavy (non-hydrogen) atoms. The van der Waals surface area contributed by atoms with Crippen molar-refractivity contribution < 1.29 is 13.9 Å². The summed E-state index contributed by atoms with van der Waals surface area (Å²) in [6.45, 7) is 1.22. The van der Waals surface area contributed by atoms with E-state index in [0.29, 0.717) is 34.2 Å². The lowest BCUT2D eigenvalue weighted by molar-refractivity contribution is 0.354. The summed E-state index contributed by atoms with van der Waals surface area (Å²) >= 11 is 8.44. The van der Waals surface area contributed by atoms with Crippen LogP contribution >= 0.6 is 28.1 Å². The first-order chi connectivity index (χ1) is 12.0. The van der Waals surface area contributed by atoms with Crippen LogP contribution in [0.15, 0.2) is 40.9 Å². The van der Waals surface area contributed by atoms with Crippen molar-refractivity contribution in [2.45, 2.75) is 13.0 Å². The van der Waals surface area contributed by atoms with Gasteiger partial charge in [0.15, 0.2) is 16.6 Å². The van der Waals surface area contributed by atoms with Gasteiger partial charge in [0.25, 0.3) is 0 Å². The second-order valence-corrected chi connectivity index (χ2v) is 6.56. The number of hydrogen-bond donors (Lipinski definition) is 2. The van der Waals surface area contributed by atoms with Crippen LogP contribution in [0, 0.1) is 5.82 Å². The number of thiocarbonyl (C=S) groups is 1. The van der Waals surface area contributed by atoms with Crippen molar-refractivity contribution in [3.8, 4) is 11.5 Å². The fourth-order valence-corrected chi connectivity index (χ4v) is 2.85. The maximum absolute atomic E-state index is 13.2. The van der Waals surface area contributed by atoms with Crippen molar-refractivity contribution in [3.05, 3.63) is 57.8 Å². The Morgan fingerprint density at radius 3 is 2.44 bits per heavy atom. The molecule has 0 aromatic heterocycles. The monoisotopic (exact) mass is 426 g/mol. The highest BCUT2D eigenvalue weighted by Gasteiger charge is 2.05. The second-order valence-electron chi connectivity index (χ2n) is 5.30. The van der Waals surface area contributed by atoms with E-state index < -0.39 is 0 Å². The number of nitrogens with one attached hydrogen (secondary N) is 2. The highest BCUT2D eigenvalue weighted by Crippen LogP contribution is 2.27. The maximum Gasteiger partial charge on any atom is 0.166 e. The predicted molar refractivity (Wildman–Crippen MR) is 105 cm³/mol. The molecule has 0 unspecified atom stereocenters. The van der Waals surface area contributed by atoms with Crippen LogP contribution in [-0.4, -0.2) is 25.9 Å². The van der Waals surface area contributed by atoms with E-state index >= 15 is 0 Å². The third kappa shape index (κ3) is 5.86. The van der Waals surface area contributed by atoms with E-state index in [0.717, 1.165) is 17.5 Å². The van der Waals surface area contributed by atoms with E-state index in [4.69, 9.17) is 21.7 Å². The molecule has 0 saturated heterocycles. The zero-order valence-electron chi connectivity index (χ0n) is 14.1. The van der Waals surface area contributed by atoms with Gasteiger partial charge in [-0.3, -0.25) is 0 Å². The van der Waals surface area contributed by atoms with Crippen LogP contribution in [0.2, 0.25) is 0 Å². The number of ether oxygens (including phenoxy) is 2. The molecule has 0 atom stereocenters. The fourth-order valence-electron chi connectivity index (χ4n) is 2.25. The normalized spacial score (nSPS) is 10.2. The van der Waals surface area contributed by atoms with Gasteiger partial charge in [-0.05, 0) is 70.0 Å². The summed E-state index contributed by atoms with van der Waals surface area (Å²) in [5, 5.41) is 6.82. The summed E-state index contributed by atoms with van der Waals surface area (Å²) in [5.41, 5.74) is 2.06. The first kappa shape index (κ1) is 19.5. The average Bonchev–Trinajstić information content (AvgIpc) is 2.62. The molecular weight excluding hydrogens is 407 g/mol. The van der Waals surface area contributed by atoms with E-state index in [1.165, 1.54) is 6.07 Å². The van der Waals surface area contributed by atoms with Gasteiger partial charge in [-0.2, -0.15) is 0 Å². The molecule has 0 aliphatic rings. The Hall–Kier alpha value is -1.86. The van der Waals surface area contributed by atoms with Crippen molar-refractivity contribution in [1.82, 2.24) is 10.6 Å². The van der Waals surface area contributed by atoms with E-state index in [9.17, 15) is 4.39 Å². The van der Waals surface area contributed by atoms with Gasteiger partial charge in [0.05, 0.1) is 18.7 Å². The smallest absolute Gasteiger partial charge is 0.166 e. The SMILES string of the molecule is COc1ccc(CCNC(=S)NCc2ccc(F)c(Br)c2)cc1OC. The highest BCUT2D eigenvalue weighted by atomic mass is 79.9. The molecule has 0 radical (unpaired) electrons. The third-order valence-corrected chi connectivity index (χ3v) is 4.48. The Labute approximate surface area is 160 Å². The van der Waals surface area contributed by atoms with Gasteiger partial charge in [-0.15, -0.1) is 0 Å². The van der Waals surface area contributed by atoms with Gasteiger partial charge in [0.2, 0.25) is 0 Å². The molecule has 0 heterocycles. The van der Waals surface area contributed by atoms with Crippen LogP contribution in [-0.2, 0) is 13.0 Å². The molecule has 2 N–H and O–H groups in total. The topological polar surface area (TPSA) is 42.5 Å². The number of methoxy groups -OCH3 is 2. The van der Waals surface area contributed by atoms with Crippen LogP contribution in [0.4, 0.5) is 4.39 Å². The van der Waals surface area contributed by atoms with Crippen molar-refractivity contribution in [2.75, 3.05) is 20.8 Å². The van der Waals surface area contributed by atoms with Crippen LogP contribution in [0.3, 0.4) is 0 Å². The lowest BCUT2D eigenvalue weighted by atomic mass is 10.1. The first-order valence-corrected chi connectivity index (χ1v) is 8.90. The Balaban J connectivity index is 1.77. The summed E-state index contributed by atoms with van der Waals surface area (Å²) in [6.07, 6.45) is 0.796. The predicted octanol–water partition coefficient (Wildman–Crippen LogP) is 3.81. The van der Waals surface area contributed by atoms with Gasteiger partial charge >= 0.3 is 0 Å². The maximum atomic E-state index is 13.2. The van der Waals surface area contributed by atoms with E-state index in [-0.39, 0.29) is 5.82 Å². The molecule has 0 spiro atoms. The van der Waals surface area contributed by atoms with Gasteiger partial charge in [-0.1, -0.05) is 12.1 Å². The van der Waals surface area contributed by atoms with Gasteiger partial charge in [0, 0.05) is 13.1 Å². The summed E-state index contributed by atoms with van der Waals surface area (Å²) in [4.78, 5) is 0. The summed E-state index contributed by atoms with van der Waals surface area (Å²) < 4.78 is 24.2. The molecule has 134 valence electrons. The summed E-state index contributed by atoms with van der Waals surface area (Å²) in [5.74, 6) is 1.14. The largest absolute Gasteiger partial charge is 0.493 e. The Kier molecular flexibility index (Phi) is 7.46. The van der Waals surface area contributed by atoms with Crippen molar-refractivity contribution in [3.63, 3.8) is 0 Å². The van der Waals surface area contributed by atoms with Crippen LogP contribution in [0.1, 0.15) is 11.1 Å². The van der Waals surface area contributed by atoms with Gasteiger partial charge in [-0.25, -0.2) is 4.39 Å². The minimum Gasteiger partial charge on any atom is -0.493 e. The zero-order chi connectivity index (χ0) is 18.2. The molecule has 0 aliphatic carbocycles. The molecule has 2 aromatic rings. The summed E-state index contributed by atoms with van der Waals surface area (Å²) in [7, 11) is 3.23. The molecule has 0 bridgehead atoms. The van der Waals surface area contributed by atoms with Crippen molar-refractivity contribution in [1.29, 1.82) is 0 Å². The second kappa shape index (κ2) is 9.58. The van der Waals surface area contributed by atoms with E-state index in [1.54, 1.807) is 26.4 Å². The molecule has 2 rings (SSSR count). The molecule has 0 fully saturated rings. The molecular formula is C18H20BrFN2O2S. The lowest BCUT2D eigenvalue weighted by Crippen LogP contribution is -2.35.